The normalized spacial score (nSPS) is 21.6. The van der Waals surface area contributed by atoms with Gasteiger partial charge >= 0.3 is 0 Å². The molecular formula is C22H27BrN2O3. The van der Waals surface area contributed by atoms with Gasteiger partial charge in [-0.05, 0) is 49.6 Å². The van der Waals surface area contributed by atoms with E-state index in [9.17, 15) is 5.11 Å². The molecule has 0 aliphatic carbocycles. The van der Waals surface area contributed by atoms with E-state index in [1.54, 1.807) is 14.2 Å². The first-order valence-corrected chi connectivity index (χ1v) is 9.58. The number of halogens is 1. The maximum Gasteiger partial charge on any atom is 0.271 e. The lowest BCUT2D eigenvalue weighted by molar-refractivity contribution is -0.658. The van der Waals surface area contributed by atoms with Crippen LogP contribution in [-0.4, -0.2) is 42.8 Å². The Hall–Kier alpha value is -2.05. The standard InChI is InChI=1S/C22H27N2O3.BrH/c1-26-19-13-12-17(15-20(19)27-2)22(25)16-23(18-9-5-3-6-10-18)21-11-7-4-8-14-24(21)22;/h3,5-6,9-10,12-13,15,25H,4,7-8,11,14,16H2,1-2H3;1H/q+1;/p-1. The highest BCUT2D eigenvalue weighted by atomic mass is 79.9. The van der Waals surface area contributed by atoms with Gasteiger partial charge < -0.3 is 31.6 Å². The summed E-state index contributed by atoms with van der Waals surface area (Å²) in [5, 5.41) is 11.9. The number of para-hydroxylation sites is 1. The first-order valence-electron chi connectivity index (χ1n) is 9.58. The molecule has 0 aromatic heterocycles. The Labute approximate surface area is 177 Å². The van der Waals surface area contributed by atoms with Gasteiger partial charge in [-0.2, -0.15) is 0 Å². The Bertz CT molecular complexity index is 856. The molecule has 0 amide bonds. The minimum Gasteiger partial charge on any atom is -1.00 e. The number of anilines is 1. The van der Waals surface area contributed by atoms with Gasteiger partial charge in [-0.15, -0.1) is 0 Å². The van der Waals surface area contributed by atoms with Crippen LogP contribution >= 0.6 is 0 Å². The fourth-order valence-electron chi connectivity index (χ4n) is 4.25. The van der Waals surface area contributed by atoms with Crippen molar-refractivity contribution < 1.29 is 36.1 Å². The monoisotopic (exact) mass is 446 g/mol. The number of rotatable bonds is 4. The van der Waals surface area contributed by atoms with Gasteiger partial charge in [0.05, 0.1) is 20.8 Å². The summed E-state index contributed by atoms with van der Waals surface area (Å²) >= 11 is 0. The number of hydrogen-bond acceptors (Lipinski definition) is 4. The average molecular weight is 447 g/mol. The van der Waals surface area contributed by atoms with Crippen molar-refractivity contribution in [3.8, 4) is 11.5 Å². The second-order valence-electron chi connectivity index (χ2n) is 7.19. The van der Waals surface area contributed by atoms with Gasteiger partial charge in [0.25, 0.3) is 11.6 Å². The largest absolute Gasteiger partial charge is 1.00 e. The first kappa shape index (κ1) is 20.7. The molecule has 150 valence electrons. The van der Waals surface area contributed by atoms with E-state index in [0.717, 1.165) is 37.1 Å². The Morgan fingerprint density at radius 1 is 0.964 bits per heavy atom. The molecule has 2 heterocycles. The van der Waals surface area contributed by atoms with Gasteiger partial charge in [0, 0.05) is 12.0 Å². The maximum absolute atomic E-state index is 11.9. The lowest BCUT2D eigenvalue weighted by atomic mass is 10.0. The second kappa shape index (κ2) is 8.53. The predicted octanol–water partition coefficient (Wildman–Crippen LogP) is 0.358. The Kier molecular flexibility index (Phi) is 6.30. The van der Waals surface area contributed by atoms with Crippen LogP contribution in [0.2, 0.25) is 0 Å². The van der Waals surface area contributed by atoms with Gasteiger partial charge in [0.2, 0.25) is 0 Å². The average Bonchev–Trinajstić information content (AvgIpc) is 2.87. The summed E-state index contributed by atoms with van der Waals surface area (Å²) in [6.07, 6.45) is 4.40. The quantitative estimate of drug-likeness (QED) is 0.688. The molecule has 0 bridgehead atoms. The Morgan fingerprint density at radius 2 is 1.71 bits per heavy atom. The molecule has 4 rings (SSSR count). The summed E-state index contributed by atoms with van der Waals surface area (Å²) in [7, 11) is 3.25. The van der Waals surface area contributed by atoms with Crippen LogP contribution in [0.4, 0.5) is 5.69 Å². The van der Waals surface area contributed by atoms with Crippen molar-refractivity contribution in [2.75, 3.05) is 32.2 Å². The van der Waals surface area contributed by atoms with Crippen LogP contribution in [0, 0.1) is 0 Å². The summed E-state index contributed by atoms with van der Waals surface area (Å²) < 4.78 is 13.0. The molecule has 6 heteroatoms. The molecule has 5 nitrogen and oxygen atoms in total. The molecule has 0 saturated carbocycles. The SMILES string of the molecule is COc1ccc(C2(O)CN(c3ccccc3)C3=[N+]2CCCCC3)cc1OC.[Br-]. The number of nitrogens with zero attached hydrogens (tertiary/aromatic N) is 2. The Balaban J connectivity index is 0.00000225. The summed E-state index contributed by atoms with van der Waals surface area (Å²) in [5.41, 5.74) is 0.864. The van der Waals surface area contributed by atoms with Gasteiger partial charge in [0.1, 0.15) is 5.69 Å². The molecule has 28 heavy (non-hydrogen) atoms. The van der Waals surface area contributed by atoms with E-state index in [1.165, 1.54) is 12.3 Å². The number of ether oxygens (including phenoxy) is 2. The third-order valence-corrected chi connectivity index (χ3v) is 5.64. The smallest absolute Gasteiger partial charge is 0.271 e. The molecular weight excluding hydrogens is 420 g/mol. The topological polar surface area (TPSA) is 44.9 Å². The van der Waals surface area contributed by atoms with Crippen molar-refractivity contribution >= 4 is 11.5 Å². The molecule has 0 radical (unpaired) electrons. The van der Waals surface area contributed by atoms with Crippen molar-refractivity contribution in [2.24, 2.45) is 0 Å². The fraction of sp³-hybridized carbons (Fsp3) is 0.409. The lowest BCUT2D eigenvalue weighted by Crippen LogP contribution is -3.00. The molecule has 0 spiro atoms. The summed E-state index contributed by atoms with van der Waals surface area (Å²) in [5.74, 6) is 2.51. The van der Waals surface area contributed by atoms with E-state index < -0.39 is 5.72 Å². The van der Waals surface area contributed by atoms with E-state index in [2.05, 4.69) is 21.6 Å². The van der Waals surface area contributed by atoms with Crippen molar-refractivity contribution in [1.29, 1.82) is 0 Å². The van der Waals surface area contributed by atoms with Crippen LogP contribution < -0.4 is 31.4 Å². The second-order valence-corrected chi connectivity index (χ2v) is 7.19. The number of amidine groups is 1. The maximum atomic E-state index is 11.9. The number of β-amino-alcohol motifs (C(OH)–C–C–N with tert-alkyl or cyclic N) is 1. The molecule has 0 fully saturated rings. The molecule has 1 unspecified atom stereocenters. The van der Waals surface area contributed by atoms with E-state index >= 15 is 0 Å². The number of methoxy groups -OCH3 is 2. The third kappa shape index (κ3) is 3.51. The van der Waals surface area contributed by atoms with Crippen LogP contribution in [0.1, 0.15) is 31.2 Å². The van der Waals surface area contributed by atoms with Crippen molar-refractivity contribution in [1.82, 2.24) is 0 Å². The predicted molar refractivity (Wildman–Crippen MR) is 106 cm³/mol. The van der Waals surface area contributed by atoms with E-state index in [4.69, 9.17) is 9.47 Å². The highest BCUT2D eigenvalue weighted by Gasteiger charge is 2.52. The summed E-state index contributed by atoms with van der Waals surface area (Å²) in [6.45, 7) is 1.35. The summed E-state index contributed by atoms with van der Waals surface area (Å²) in [6, 6.07) is 16.0. The highest BCUT2D eigenvalue weighted by molar-refractivity contribution is 5.95. The van der Waals surface area contributed by atoms with Gasteiger partial charge in [-0.1, -0.05) is 18.2 Å². The zero-order valence-corrected chi connectivity index (χ0v) is 18.0. The van der Waals surface area contributed by atoms with Crippen LogP contribution in [0.15, 0.2) is 48.5 Å². The lowest BCUT2D eigenvalue weighted by Gasteiger charge is -2.24. The van der Waals surface area contributed by atoms with Crippen LogP contribution in [0.3, 0.4) is 0 Å². The Morgan fingerprint density at radius 3 is 2.43 bits per heavy atom. The number of benzene rings is 2. The van der Waals surface area contributed by atoms with Crippen LogP contribution in [0.25, 0.3) is 0 Å². The van der Waals surface area contributed by atoms with Crippen molar-refractivity contribution in [3.05, 3.63) is 54.1 Å². The third-order valence-electron chi connectivity index (χ3n) is 5.64. The molecule has 2 aliphatic rings. The zero-order chi connectivity index (χ0) is 18.9. The highest BCUT2D eigenvalue weighted by Crippen LogP contribution is 2.38. The van der Waals surface area contributed by atoms with Gasteiger partial charge in [-0.25, -0.2) is 9.48 Å². The van der Waals surface area contributed by atoms with Crippen LogP contribution in [0.5, 0.6) is 11.5 Å². The van der Waals surface area contributed by atoms with E-state index in [0.29, 0.717) is 18.0 Å². The molecule has 1 atom stereocenters. The van der Waals surface area contributed by atoms with E-state index in [-0.39, 0.29) is 17.0 Å². The van der Waals surface area contributed by atoms with Crippen molar-refractivity contribution in [3.63, 3.8) is 0 Å². The molecule has 1 N–H and O–H groups in total. The van der Waals surface area contributed by atoms with Crippen molar-refractivity contribution in [2.45, 2.75) is 31.4 Å². The molecule has 2 aromatic rings. The molecule has 0 saturated heterocycles. The van der Waals surface area contributed by atoms with Crippen LogP contribution in [-0.2, 0) is 5.72 Å². The fourth-order valence-corrected chi connectivity index (χ4v) is 4.25. The minimum absolute atomic E-state index is 0. The first-order chi connectivity index (χ1) is 13.2. The van der Waals surface area contributed by atoms with Gasteiger partial charge in [0.15, 0.2) is 18.0 Å². The number of aliphatic hydroxyl groups is 1. The van der Waals surface area contributed by atoms with Gasteiger partial charge in [-0.3, -0.25) is 0 Å². The number of hydrogen-bond donors (Lipinski definition) is 1. The minimum atomic E-state index is -1.09. The summed E-state index contributed by atoms with van der Waals surface area (Å²) in [4.78, 5) is 2.27. The zero-order valence-electron chi connectivity index (χ0n) is 16.4. The van der Waals surface area contributed by atoms with E-state index in [1.807, 2.05) is 36.4 Å². The molecule has 2 aromatic carbocycles. The molecule has 2 aliphatic heterocycles.